The van der Waals surface area contributed by atoms with Crippen molar-refractivity contribution >= 4 is 23.4 Å². The quantitative estimate of drug-likeness (QED) is 0.618. The summed E-state index contributed by atoms with van der Waals surface area (Å²) in [7, 11) is 0. The molecule has 2 aromatic rings. The van der Waals surface area contributed by atoms with Crippen LogP contribution in [0, 0.1) is 5.92 Å². The van der Waals surface area contributed by atoms with Crippen LogP contribution in [-0.4, -0.2) is 54.6 Å². The van der Waals surface area contributed by atoms with Crippen LogP contribution in [0.5, 0.6) is 17.2 Å². The Morgan fingerprint density at radius 1 is 1.03 bits per heavy atom. The summed E-state index contributed by atoms with van der Waals surface area (Å²) in [5, 5.41) is 2.92. The zero-order chi connectivity index (χ0) is 25.9. The Kier molecular flexibility index (Phi) is 7.21. The third-order valence-electron chi connectivity index (χ3n) is 7.39. The number of nitrogens with zero attached hydrogens (tertiary/aromatic N) is 2. The highest BCUT2D eigenvalue weighted by molar-refractivity contribution is 6.00. The number of amides is 3. The Labute approximate surface area is 216 Å². The lowest BCUT2D eigenvalue weighted by molar-refractivity contribution is -0.139. The summed E-state index contributed by atoms with van der Waals surface area (Å²) < 4.78 is 16.4. The van der Waals surface area contributed by atoms with E-state index in [9.17, 15) is 14.4 Å². The maximum atomic E-state index is 12.8. The van der Waals surface area contributed by atoms with Gasteiger partial charge in [-0.1, -0.05) is 6.07 Å². The molecule has 3 amide bonds. The van der Waals surface area contributed by atoms with Gasteiger partial charge in [0.25, 0.3) is 5.91 Å². The number of carbonyl (C=O) groups is 3. The molecule has 3 heterocycles. The zero-order valence-corrected chi connectivity index (χ0v) is 21.3. The molecule has 2 saturated heterocycles. The van der Waals surface area contributed by atoms with E-state index in [4.69, 9.17) is 14.2 Å². The summed E-state index contributed by atoms with van der Waals surface area (Å²) in [5.41, 5.74) is 1.60. The molecule has 5 rings (SSSR count). The van der Waals surface area contributed by atoms with Gasteiger partial charge in [0.1, 0.15) is 5.75 Å². The van der Waals surface area contributed by atoms with Crippen molar-refractivity contribution in [2.24, 2.45) is 5.92 Å². The number of carbonyl (C=O) groups excluding carboxylic acids is 3. The van der Waals surface area contributed by atoms with Crippen molar-refractivity contribution in [3.8, 4) is 17.2 Å². The summed E-state index contributed by atoms with van der Waals surface area (Å²) in [6, 6.07) is 13.1. The first-order valence-electron chi connectivity index (χ1n) is 12.9. The maximum Gasteiger partial charge on any atom is 0.260 e. The molecule has 0 aromatic heterocycles. The van der Waals surface area contributed by atoms with Crippen molar-refractivity contribution in [3.05, 3.63) is 48.0 Å². The molecule has 0 aliphatic carbocycles. The molecule has 3 aliphatic rings. The Balaban J connectivity index is 1.12. The first-order valence-corrected chi connectivity index (χ1v) is 12.9. The van der Waals surface area contributed by atoms with E-state index < -0.39 is 5.92 Å². The van der Waals surface area contributed by atoms with Crippen molar-refractivity contribution in [2.45, 2.75) is 58.2 Å². The number of fused-ring (bicyclic) bond motifs is 1. The molecule has 9 nitrogen and oxygen atoms in total. The Morgan fingerprint density at radius 2 is 1.76 bits per heavy atom. The van der Waals surface area contributed by atoms with E-state index in [-0.39, 0.29) is 49.6 Å². The van der Waals surface area contributed by atoms with E-state index in [0.717, 1.165) is 24.8 Å². The lowest BCUT2D eigenvalue weighted by atomic mass is 9.97. The first-order chi connectivity index (χ1) is 17.9. The average molecular weight is 508 g/mol. The third kappa shape index (κ3) is 5.50. The molecule has 0 spiro atoms. The third-order valence-corrected chi connectivity index (χ3v) is 7.39. The van der Waals surface area contributed by atoms with Crippen LogP contribution in [0.25, 0.3) is 0 Å². The molecular formula is C28H33N3O6. The first kappa shape index (κ1) is 24.9. The maximum absolute atomic E-state index is 12.8. The number of benzene rings is 2. The van der Waals surface area contributed by atoms with Crippen LogP contribution < -0.4 is 24.4 Å². The van der Waals surface area contributed by atoms with Gasteiger partial charge < -0.3 is 29.3 Å². The van der Waals surface area contributed by atoms with Crippen LogP contribution >= 0.6 is 0 Å². The van der Waals surface area contributed by atoms with Gasteiger partial charge in [-0.25, -0.2) is 0 Å². The average Bonchev–Trinajstić information content (AvgIpc) is 3.52. The molecule has 0 bridgehead atoms. The number of piperidine rings is 1. The second kappa shape index (κ2) is 10.7. The molecule has 9 heteroatoms. The van der Waals surface area contributed by atoms with Gasteiger partial charge >= 0.3 is 0 Å². The molecular weight excluding hydrogens is 474 g/mol. The number of ether oxygens (including phenoxy) is 3. The monoisotopic (exact) mass is 507 g/mol. The smallest absolute Gasteiger partial charge is 0.260 e. The zero-order valence-electron chi connectivity index (χ0n) is 21.3. The summed E-state index contributed by atoms with van der Waals surface area (Å²) in [4.78, 5) is 41.7. The molecule has 0 radical (unpaired) electrons. The Bertz CT molecular complexity index is 1160. The van der Waals surface area contributed by atoms with E-state index in [1.807, 2.05) is 23.1 Å². The molecule has 37 heavy (non-hydrogen) atoms. The van der Waals surface area contributed by atoms with E-state index >= 15 is 0 Å². The van der Waals surface area contributed by atoms with Crippen molar-refractivity contribution in [3.63, 3.8) is 0 Å². The van der Waals surface area contributed by atoms with Crippen LogP contribution in [0.2, 0.25) is 0 Å². The number of rotatable bonds is 7. The second-order valence-electron chi connectivity index (χ2n) is 10.0. The fourth-order valence-electron chi connectivity index (χ4n) is 5.37. The number of hydrogen-bond acceptors (Lipinski definition) is 6. The normalized spacial score (nSPS) is 22.8. The SMILES string of the molecule is C[C@@H]1CCC[C@H](C)N1C(=O)COc1ccc(N2C[C@@H](C(=O)NCc3ccc4c(c3)OCO4)CC2=O)cc1. The lowest BCUT2D eigenvalue weighted by Gasteiger charge is -2.38. The Hall–Kier alpha value is -3.75. The molecule has 2 aromatic carbocycles. The van der Waals surface area contributed by atoms with Gasteiger partial charge in [0.2, 0.25) is 18.6 Å². The van der Waals surface area contributed by atoms with Crippen molar-refractivity contribution in [1.82, 2.24) is 10.2 Å². The van der Waals surface area contributed by atoms with Crippen molar-refractivity contribution in [1.29, 1.82) is 0 Å². The summed E-state index contributed by atoms with van der Waals surface area (Å²) in [6.07, 6.45) is 3.34. The molecule has 2 fully saturated rings. The Morgan fingerprint density at radius 3 is 2.51 bits per heavy atom. The minimum absolute atomic E-state index is 0.00639. The van der Waals surface area contributed by atoms with Gasteiger partial charge in [-0.15, -0.1) is 0 Å². The number of likely N-dealkylation sites (tertiary alicyclic amines) is 1. The molecule has 3 aliphatic heterocycles. The van der Waals surface area contributed by atoms with E-state index in [2.05, 4.69) is 19.2 Å². The molecule has 3 atom stereocenters. The van der Waals surface area contributed by atoms with Gasteiger partial charge in [0, 0.05) is 37.3 Å². The minimum atomic E-state index is -0.427. The van der Waals surface area contributed by atoms with E-state index in [0.29, 0.717) is 36.0 Å². The van der Waals surface area contributed by atoms with Gasteiger partial charge in [-0.05, 0) is 75.1 Å². The highest BCUT2D eigenvalue weighted by Crippen LogP contribution is 2.32. The highest BCUT2D eigenvalue weighted by atomic mass is 16.7. The second-order valence-corrected chi connectivity index (χ2v) is 10.0. The van der Waals surface area contributed by atoms with Gasteiger partial charge in [-0.2, -0.15) is 0 Å². The predicted molar refractivity (Wildman–Crippen MR) is 136 cm³/mol. The highest BCUT2D eigenvalue weighted by Gasteiger charge is 2.35. The lowest BCUT2D eigenvalue weighted by Crippen LogP contribution is -2.49. The van der Waals surface area contributed by atoms with Crippen molar-refractivity contribution < 1.29 is 28.6 Å². The summed E-state index contributed by atoms with van der Waals surface area (Å²) in [5.74, 6) is 1.24. The van der Waals surface area contributed by atoms with Crippen LogP contribution in [0.4, 0.5) is 5.69 Å². The predicted octanol–water partition coefficient (Wildman–Crippen LogP) is 3.25. The largest absolute Gasteiger partial charge is 0.484 e. The fraction of sp³-hybridized carbons (Fsp3) is 0.464. The molecule has 196 valence electrons. The van der Waals surface area contributed by atoms with Gasteiger partial charge in [0.05, 0.1) is 5.92 Å². The van der Waals surface area contributed by atoms with Gasteiger partial charge in [-0.3, -0.25) is 14.4 Å². The van der Waals surface area contributed by atoms with Crippen LogP contribution in [0.15, 0.2) is 42.5 Å². The standard InChI is InChI=1S/C28H33N3O6/c1-18-4-3-5-19(2)31(18)27(33)16-35-23-9-7-22(8-10-23)30-15-21(13-26(30)32)28(34)29-14-20-6-11-24-25(12-20)37-17-36-24/h6-12,18-19,21H,3-5,13-17H2,1-2H3,(H,29,34)/t18-,19+,21-/m0/s1. The fourth-order valence-corrected chi connectivity index (χ4v) is 5.37. The van der Waals surface area contributed by atoms with E-state index in [1.165, 1.54) is 0 Å². The molecule has 1 N–H and O–H groups in total. The van der Waals surface area contributed by atoms with Gasteiger partial charge in [0.15, 0.2) is 18.1 Å². The van der Waals surface area contributed by atoms with Crippen molar-refractivity contribution in [2.75, 3.05) is 24.8 Å². The molecule has 0 unspecified atom stereocenters. The number of hydrogen-bond donors (Lipinski definition) is 1. The minimum Gasteiger partial charge on any atom is -0.484 e. The van der Waals surface area contributed by atoms with Crippen LogP contribution in [-0.2, 0) is 20.9 Å². The van der Waals surface area contributed by atoms with Crippen LogP contribution in [0.1, 0.15) is 45.1 Å². The van der Waals surface area contributed by atoms with E-state index in [1.54, 1.807) is 29.2 Å². The number of nitrogens with one attached hydrogen (secondary N) is 1. The summed E-state index contributed by atoms with van der Waals surface area (Å²) >= 11 is 0. The number of anilines is 1. The van der Waals surface area contributed by atoms with Crippen LogP contribution in [0.3, 0.4) is 0 Å². The topological polar surface area (TPSA) is 97.4 Å². The summed E-state index contributed by atoms with van der Waals surface area (Å²) in [6.45, 7) is 5.02. The molecule has 0 saturated carbocycles.